The minimum absolute atomic E-state index is 0.214. The molecule has 0 bridgehead atoms. The molecule has 1 aromatic heterocycles. The topological polar surface area (TPSA) is 80.3 Å². The molecule has 102 valence electrons. The van der Waals surface area contributed by atoms with Crippen molar-refractivity contribution in [3.8, 4) is 0 Å². The van der Waals surface area contributed by atoms with Crippen molar-refractivity contribution in [3.63, 3.8) is 0 Å². The number of anilines is 1. The van der Waals surface area contributed by atoms with Crippen molar-refractivity contribution in [1.29, 1.82) is 0 Å². The van der Waals surface area contributed by atoms with E-state index < -0.39 is 10.0 Å². The largest absolute Gasteiger partial charge is 0.385 e. The van der Waals surface area contributed by atoms with Crippen LogP contribution in [0, 0.1) is 0 Å². The highest BCUT2D eigenvalue weighted by Gasteiger charge is 2.13. The minimum Gasteiger partial charge on any atom is -0.385 e. The monoisotopic (exact) mass is 273 g/mol. The van der Waals surface area contributed by atoms with Crippen molar-refractivity contribution < 1.29 is 13.2 Å². The van der Waals surface area contributed by atoms with Crippen molar-refractivity contribution >= 4 is 15.8 Å². The van der Waals surface area contributed by atoms with E-state index in [1.807, 2.05) is 6.92 Å². The predicted octanol–water partition coefficient (Wildman–Crippen LogP) is 0.828. The van der Waals surface area contributed by atoms with Gasteiger partial charge in [-0.3, -0.25) is 0 Å². The van der Waals surface area contributed by atoms with Crippen LogP contribution < -0.4 is 10.0 Å². The number of rotatable bonds is 8. The first-order valence-corrected chi connectivity index (χ1v) is 7.27. The quantitative estimate of drug-likeness (QED) is 0.686. The van der Waals surface area contributed by atoms with Crippen LogP contribution in [0.4, 0.5) is 5.82 Å². The molecule has 18 heavy (non-hydrogen) atoms. The lowest BCUT2D eigenvalue weighted by Crippen LogP contribution is -2.25. The lowest BCUT2D eigenvalue weighted by atomic mass is 10.4. The number of methoxy groups -OCH3 is 1. The number of hydrogen-bond donors (Lipinski definition) is 2. The smallest absolute Gasteiger partial charge is 0.240 e. The first kappa shape index (κ1) is 14.9. The van der Waals surface area contributed by atoms with Crippen LogP contribution in [0.5, 0.6) is 0 Å². The van der Waals surface area contributed by atoms with Gasteiger partial charge < -0.3 is 10.1 Å². The zero-order valence-electron chi connectivity index (χ0n) is 10.6. The maximum Gasteiger partial charge on any atom is 0.240 e. The van der Waals surface area contributed by atoms with E-state index in [1.54, 1.807) is 7.11 Å². The Morgan fingerprint density at radius 1 is 1.44 bits per heavy atom. The molecular formula is C11H19N3O3S. The predicted molar refractivity (Wildman–Crippen MR) is 70.1 cm³/mol. The van der Waals surface area contributed by atoms with E-state index in [9.17, 15) is 8.42 Å². The fraction of sp³-hybridized carbons (Fsp3) is 0.545. The van der Waals surface area contributed by atoms with Gasteiger partial charge in [-0.05, 0) is 19.4 Å². The Morgan fingerprint density at radius 3 is 2.89 bits per heavy atom. The average molecular weight is 273 g/mol. The number of ether oxygens (including phenoxy) is 1. The van der Waals surface area contributed by atoms with E-state index in [-0.39, 0.29) is 4.90 Å². The molecule has 0 radical (unpaired) electrons. The van der Waals surface area contributed by atoms with Crippen molar-refractivity contribution in [3.05, 3.63) is 18.3 Å². The molecule has 1 heterocycles. The lowest BCUT2D eigenvalue weighted by molar-refractivity contribution is 0.196. The number of pyridine rings is 1. The summed E-state index contributed by atoms with van der Waals surface area (Å²) in [7, 11) is -1.88. The van der Waals surface area contributed by atoms with E-state index in [0.717, 1.165) is 0 Å². The summed E-state index contributed by atoms with van der Waals surface area (Å²) >= 11 is 0. The second-order valence-corrected chi connectivity index (χ2v) is 5.42. The van der Waals surface area contributed by atoms with E-state index in [2.05, 4.69) is 15.0 Å². The standard InChI is InChI=1S/C11H19N3O3S/c1-3-12-11-9-10(5-7-13-11)18(15,16)14-6-4-8-17-2/h5,7,9,14H,3-4,6,8H2,1-2H3,(H,12,13). The highest BCUT2D eigenvalue weighted by atomic mass is 32.2. The summed E-state index contributed by atoms with van der Waals surface area (Å²) in [5.41, 5.74) is 0. The first-order chi connectivity index (χ1) is 8.60. The number of nitrogens with one attached hydrogen (secondary N) is 2. The maximum absolute atomic E-state index is 11.9. The first-order valence-electron chi connectivity index (χ1n) is 5.78. The second kappa shape index (κ2) is 7.30. The Hall–Kier alpha value is -1.18. The molecule has 0 amide bonds. The van der Waals surface area contributed by atoms with Crippen LogP contribution >= 0.6 is 0 Å². The molecule has 0 spiro atoms. The third-order valence-electron chi connectivity index (χ3n) is 2.22. The molecule has 0 aliphatic rings. The molecule has 7 heteroatoms. The van der Waals surface area contributed by atoms with Crippen molar-refractivity contribution in [2.75, 3.05) is 32.1 Å². The summed E-state index contributed by atoms with van der Waals surface area (Å²) < 4.78 is 31.3. The van der Waals surface area contributed by atoms with Crippen molar-refractivity contribution in [2.24, 2.45) is 0 Å². The van der Waals surface area contributed by atoms with Crippen LogP contribution in [-0.4, -0.2) is 40.2 Å². The maximum atomic E-state index is 11.9. The molecule has 1 aromatic rings. The molecule has 0 aromatic carbocycles. The number of nitrogens with zero attached hydrogens (tertiary/aromatic N) is 1. The SMILES string of the molecule is CCNc1cc(S(=O)(=O)NCCCOC)ccn1. The van der Waals surface area contributed by atoms with Gasteiger partial charge in [0.25, 0.3) is 0 Å². The second-order valence-electron chi connectivity index (χ2n) is 3.65. The Balaban J connectivity index is 2.69. The Bertz CT molecular complexity index is 462. The molecule has 0 fully saturated rings. The van der Waals surface area contributed by atoms with E-state index >= 15 is 0 Å². The molecule has 0 aliphatic heterocycles. The van der Waals surface area contributed by atoms with E-state index in [1.165, 1.54) is 18.3 Å². The van der Waals surface area contributed by atoms with Gasteiger partial charge in [-0.1, -0.05) is 0 Å². The molecule has 0 unspecified atom stereocenters. The molecule has 0 aliphatic carbocycles. The summed E-state index contributed by atoms with van der Waals surface area (Å²) in [6, 6.07) is 2.99. The molecule has 0 atom stereocenters. The molecular weight excluding hydrogens is 254 g/mol. The van der Waals surface area contributed by atoms with Gasteiger partial charge >= 0.3 is 0 Å². The Morgan fingerprint density at radius 2 is 2.22 bits per heavy atom. The molecule has 2 N–H and O–H groups in total. The van der Waals surface area contributed by atoms with Crippen LogP contribution in [-0.2, 0) is 14.8 Å². The van der Waals surface area contributed by atoms with Gasteiger partial charge in [0.2, 0.25) is 10.0 Å². The number of hydrogen-bond acceptors (Lipinski definition) is 5. The van der Waals surface area contributed by atoms with Gasteiger partial charge in [-0.2, -0.15) is 0 Å². The number of sulfonamides is 1. The van der Waals surface area contributed by atoms with Crippen LogP contribution in [0.1, 0.15) is 13.3 Å². The van der Waals surface area contributed by atoms with Gasteiger partial charge in [-0.25, -0.2) is 18.1 Å². The van der Waals surface area contributed by atoms with Gasteiger partial charge in [0.15, 0.2) is 0 Å². The van der Waals surface area contributed by atoms with Gasteiger partial charge in [0, 0.05) is 39.1 Å². The fourth-order valence-corrected chi connectivity index (χ4v) is 2.45. The van der Waals surface area contributed by atoms with Gasteiger partial charge in [0.1, 0.15) is 5.82 Å². The molecule has 0 saturated carbocycles. The van der Waals surface area contributed by atoms with Gasteiger partial charge in [0.05, 0.1) is 4.90 Å². The third-order valence-corrected chi connectivity index (χ3v) is 3.68. The minimum atomic E-state index is -3.47. The van der Waals surface area contributed by atoms with Crippen molar-refractivity contribution in [1.82, 2.24) is 9.71 Å². The van der Waals surface area contributed by atoms with Crippen LogP contribution in [0.25, 0.3) is 0 Å². The normalized spacial score (nSPS) is 11.4. The van der Waals surface area contributed by atoms with Crippen LogP contribution in [0.15, 0.2) is 23.2 Å². The zero-order valence-corrected chi connectivity index (χ0v) is 11.5. The Kier molecular flexibility index (Phi) is 6.03. The summed E-state index contributed by atoms with van der Waals surface area (Å²) in [5, 5.41) is 2.97. The fourth-order valence-electron chi connectivity index (χ4n) is 1.36. The summed E-state index contributed by atoms with van der Waals surface area (Å²) in [6.07, 6.45) is 2.11. The summed E-state index contributed by atoms with van der Waals surface area (Å²) in [4.78, 5) is 4.24. The van der Waals surface area contributed by atoms with Crippen molar-refractivity contribution in [2.45, 2.75) is 18.2 Å². The Labute approximate surface area is 108 Å². The van der Waals surface area contributed by atoms with Crippen LogP contribution in [0.2, 0.25) is 0 Å². The molecule has 1 rings (SSSR count). The highest BCUT2D eigenvalue weighted by molar-refractivity contribution is 7.89. The molecule has 6 nitrogen and oxygen atoms in total. The number of aromatic nitrogens is 1. The average Bonchev–Trinajstić information content (AvgIpc) is 2.36. The molecule has 0 saturated heterocycles. The van der Waals surface area contributed by atoms with Gasteiger partial charge in [-0.15, -0.1) is 0 Å². The van der Waals surface area contributed by atoms with Crippen LogP contribution in [0.3, 0.4) is 0 Å². The highest BCUT2D eigenvalue weighted by Crippen LogP contribution is 2.12. The summed E-state index contributed by atoms with van der Waals surface area (Å²) in [6.45, 7) is 3.50. The van der Waals surface area contributed by atoms with E-state index in [0.29, 0.717) is 31.9 Å². The summed E-state index contributed by atoms with van der Waals surface area (Å²) in [5.74, 6) is 0.553. The zero-order chi connectivity index (χ0) is 13.4. The van der Waals surface area contributed by atoms with E-state index in [4.69, 9.17) is 4.74 Å². The third kappa shape index (κ3) is 4.59. The lowest BCUT2D eigenvalue weighted by Gasteiger charge is -2.08.